The number of carbonyl (C=O) groups is 1. The Hall–Kier alpha value is -1.39. The third-order valence-electron chi connectivity index (χ3n) is 5.16. The minimum Gasteiger partial charge on any atom is -0.379 e. The van der Waals surface area contributed by atoms with E-state index in [1.165, 1.54) is 0 Å². The number of benzene rings is 1. The van der Waals surface area contributed by atoms with Gasteiger partial charge in [-0.2, -0.15) is 0 Å². The Morgan fingerprint density at radius 1 is 1.29 bits per heavy atom. The van der Waals surface area contributed by atoms with Crippen molar-refractivity contribution in [1.82, 2.24) is 10.2 Å². The Labute approximate surface area is 184 Å². The van der Waals surface area contributed by atoms with Gasteiger partial charge in [-0.05, 0) is 43.5 Å². The van der Waals surface area contributed by atoms with Crippen LogP contribution in [0.2, 0.25) is 0 Å². The molecular formula is C20H32IN5O2. The van der Waals surface area contributed by atoms with E-state index in [2.05, 4.69) is 20.5 Å². The molecular weight excluding hydrogens is 469 g/mol. The smallest absolute Gasteiger partial charge is 0.227 e. The van der Waals surface area contributed by atoms with E-state index in [-0.39, 0.29) is 35.8 Å². The van der Waals surface area contributed by atoms with Crippen molar-refractivity contribution in [3.05, 3.63) is 29.8 Å². The molecule has 1 aliphatic carbocycles. The van der Waals surface area contributed by atoms with Crippen molar-refractivity contribution in [3.63, 3.8) is 0 Å². The molecule has 0 spiro atoms. The first-order chi connectivity index (χ1) is 13.2. The van der Waals surface area contributed by atoms with Gasteiger partial charge in [0.2, 0.25) is 5.91 Å². The summed E-state index contributed by atoms with van der Waals surface area (Å²) in [5.74, 6) is 0.771. The number of rotatable bonds is 8. The van der Waals surface area contributed by atoms with Crippen LogP contribution >= 0.6 is 24.0 Å². The SMILES string of the molecule is I.NC(=NCc1cccc(NC(=O)C2CCC2)c1)NCCCN1CCOCC1. The third-order valence-corrected chi connectivity index (χ3v) is 5.16. The van der Waals surface area contributed by atoms with Crippen LogP contribution in [-0.4, -0.2) is 56.2 Å². The number of aliphatic imine (C=N–C) groups is 1. The van der Waals surface area contributed by atoms with E-state index < -0.39 is 0 Å². The van der Waals surface area contributed by atoms with Crippen molar-refractivity contribution >= 4 is 41.5 Å². The maximum Gasteiger partial charge on any atom is 0.227 e. The van der Waals surface area contributed by atoms with Gasteiger partial charge in [-0.25, -0.2) is 4.99 Å². The Bertz CT molecular complexity index is 645. The van der Waals surface area contributed by atoms with Crippen LogP contribution in [0.4, 0.5) is 5.69 Å². The summed E-state index contributed by atoms with van der Waals surface area (Å²) in [7, 11) is 0. The molecule has 2 aliphatic rings. The summed E-state index contributed by atoms with van der Waals surface area (Å²) >= 11 is 0. The van der Waals surface area contributed by atoms with E-state index in [0.717, 1.165) is 76.3 Å². The molecule has 1 aromatic rings. The second-order valence-corrected chi connectivity index (χ2v) is 7.25. The summed E-state index contributed by atoms with van der Waals surface area (Å²) in [6.45, 7) is 6.04. The second-order valence-electron chi connectivity index (χ2n) is 7.25. The summed E-state index contributed by atoms with van der Waals surface area (Å²) in [5.41, 5.74) is 7.82. The van der Waals surface area contributed by atoms with Crippen LogP contribution in [0, 0.1) is 5.92 Å². The van der Waals surface area contributed by atoms with Gasteiger partial charge in [-0.3, -0.25) is 9.69 Å². The van der Waals surface area contributed by atoms with E-state index in [0.29, 0.717) is 12.5 Å². The highest BCUT2D eigenvalue weighted by atomic mass is 127. The molecule has 8 heteroatoms. The number of anilines is 1. The van der Waals surface area contributed by atoms with Gasteiger partial charge in [0, 0.05) is 31.2 Å². The van der Waals surface area contributed by atoms with Gasteiger partial charge in [-0.15, -0.1) is 24.0 Å². The summed E-state index contributed by atoms with van der Waals surface area (Å²) in [6, 6.07) is 7.81. The highest BCUT2D eigenvalue weighted by molar-refractivity contribution is 14.0. The van der Waals surface area contributed by atoms with Gasteiger partial charge in [-0.1, -0.05) is 18.6 Å². The molecule has 0 bridgehead atoms. The number of nitrogens with two attached hydrogens (primary N) is 1. The number of hydrogen-bond acceptors (Lipinski definition) is 4. The lowest BCUT2D eigenvalue weighted by Gasteiger charge is -2.26. The summed E-state index contributed by atoms with van der Waals surface area (Å²) in [6.07, 6.45) is 4.19. The Morgan fingerprint density at radius 3 is 2.79 bits per heavy atom. The average Bonchev–Trinajstić information content (AvgIpc) is 2.63. The first-order valence-electron chi connectivity index (χ1n) is 9.94. The van der Waals surface area contributed by atoms with Gasteiger partial charge >= 0.3 is 0 Å². The first-order valence-corrected chi connectivity index (χ1v) is 9.94. The lowest BCUT2D eigenvalue weighted by molar-refractivity contribution is -0.122. The molecule has 3 rings (SSSR count). The molecule has 156 valence electrons. The summed E-state index contributed by atoms with van der Waals surface area (Å²) < 4.78 is 5.35. The zero-order valence-electron chi connectivity index (χ0n) is 16.4. The van der Waals surface area contributed by atoms with Crippen LogP contribution in [0.15, 0.2) is 29.3 Å². The van der Waals surface area contributed by atoms with Crippen molar-refractivity contribution in [2.45, 2.75) is 32.2 Å². The first kappa shape index (κ1) is 22.9. The molecule has 0 unspecified atom stereocenters. The highest BCUT2D eigenvalue weighted by Gasteiger charge is 2.25. The average molecular weight is 501 g/mol. The second kappa shape index (κ2) is 12.2. The maximum absolute atomic E-state index is 12.1. The van der Waals surface area contributed by atoms with Crippen LogP contribution in [0.3, 0.4) is 0 Å². The van der Waals surface area contributed by atoms with Crippen LogP contribution < -0.4 is 16.4 Å². The number of nitrogens with zero attached hydrogens (tertiary/aromatic N) is 2. The molecule has 1 aromatic carbocycles. The number of ether oxygens (including phenoxy) is 1. The monoisotopic (exact) mass is 501 g/mol. The van der Waals surface area contributed by atoms with E-state index >= 15 is 0 Å². The fraction of sp³-hybridized carbons (Fsp3) is 0.600. The number of hydrogen-bond donors (Lipinski definition) is 3. The van der Waals surface area contributed by atoms with Gasteiger partial charge in [0.05, 0.1) is 19.8 Å². The number of morpholine rings is 1. The molecule has 2 fully saturated rings. The normalized spacial score (nSPS) is 18.1. The molecule has 1 saturated carbocycles. The van der Waals surface area contributed by atoms with Gasteiger partial charge in [0.15, 0.2) is 5.96 Å². The molecule has 4 N–H and O–H groups in total. The fourth-order valence-corrected chi connectivity index (χ4v) is 3.24. The molecule has 28 heavy (non-hydrogen) atoms. The Balaban J connectivity index is 0.00000280. The molecule has 1 saturated heterocycles. The molecule has 0 radical (unpaired) electrons. The molecule has 1 heterocycles. The number of halogens is 1. The maximum atomic E-state index is 12.1. The third kappa shape index (κ3) is 7.56. The van der Waals surface area contributed by atoms with Crippen molar-refractivity contribution in [2.75, 3.05) is 44.7 Å². The van der Waals surface area contributed by atoms with Crippen molar-refractivity contribution in [2.24, 2.45) is 16.6 Å². The predicted molar refractivity (Wildman–Crippen MR) is 123 cm³/mol. The van der Waals surface area contributed by atoms with Gasteiger partial charge < -0.3 is 21.1 Å². The number of amides is 1. The Morgan fingerprint density at radius 2 is 2.07 bits per heavy atom. The van der Waals surface area contributed by atoms with Gasteiger partial charge in [0.1, 0.15) is 0 Å². The highest BCUT2D eigenvalue weighted by Crippen LogP contribution is 2.27. The van der Waals surface area contributed by atoms with Crippen molar-refractivity contribution in [1.29, 1.82) is 0 Å². The number of carbonyl (C=O) groups excluding carboxylic acids is 1. The van der Waals surface area contributed by atoms with E-state index in [4.69, 9.17) is 10.5 Å². The van der Waals surface area contributed by atoms with Crippen LogP contribution in [-0.2, 0) is 16.1 Å². The number of nitrogens with one attached hydrogen (secondary N) is 2. The molecule has 7 nitrogen and oxygen atoms in total. The van der Waals surface area contributed by atoms with E-state index in [9.17, 15) is 4.79 Å². The number of guanidine groups is 1. The van der Waals surface area contributed by atoms with Crippen LogP contribution in [0.5, 0.6) is 0 Å². The van der Waals surface area contributed by atoms with Crippen LogP contribution in [0.1, 0.15) is 31.2 Å². The summed E-state index contributed by atoms with van der Waals surface area (Å²) in [5, 5.41) is 6.17. The van der Waals surface area contributed by atoms with Gasteiger partial charge in [0.25, 0.3) is 0 Å². The Kier molecular flexibility index (Phi) is 10.0. The minimum absolute atomic E-state index is 0. The zero-order valence-corrected chi connectivity index (χ0v) is 18.7. The molecule has 0 atom stereocenters. The molecule has 1 aliphatic heterocycles. The molecule has 0 aromatic heterocycles. The predicted octanol–water partition coefficient (Wildman–Crippen LogP) is 2.17. The molecule has 1 amide bonds. The fourth-order valence-electron chi connectivity index (χ4n) is 3.24. The largest absolute Gasteiger partial charge is 0.379 e. The lowest BCUT2D eigenvalue weighted by Crippen LogP contribution is -2.39. The van der Waals surface area contributed by atoms with Crippen molar-refractivity contribution < 1.29 is 9.53 Å². The quantitative estimate of drug-likeness (QED) is 0.220. The minimum atomic E-state index is 0. The standard InChI is InChI=1S/C20H31N5O2.HI/c21-20(22-8-3-9-25-10-12-27-13-11-25)23-15-16-4-1-7-18(14-16)24-19(26)17-5-2-6-17;/h1,4,7,14,17H,2-3,5-6,8-13,15H2,(H,24,26)(H3,21,22,23);1H. The lowest BCUT2D eigenvalue weighted by atomic mass is 9.85. The van der Waals surface area contributed by atoms with Crippen molar-refractivity contribution in [3.8, 4) is 0 Å². The summed E-state index contributed by atoms with van der Waals surface area (Å²) in [4.78, 5) is 18.9. The zero-order chi connectivity index (χ0) is 18.9. The topological polar surface area (TPSA) is 92.0 Å². The van der Waals surface area contributed by atoms with E-state index in [1.807, 2.05) is 24.3 Å². The van der Waals surface area contributed by atoms with E-state index in [1.54, 1.807) is 0 Å². The van der Waals surface area contributed by atoms with Crippen LogP contribution in [0.25, 0.3) is 0 Å².